The Balaban J connectivity index is 1.42. The number of esters is 1. The molecule has 10 heteroatoms. The summed E-state index contributed by atoms with van der Waals surface area (Å²) in [5.41, 5.74) is 0.510. The summed E-state index contributed by atoms with van der Waals surface area (Å²) in [5.74, 6) is 1.48. The minimum Gasteiger partial charge on any atom is -0.466 e. The second-order valence-corrected chi connectivity index (χ2v) is 5.56. The standard InChI is InChI=1S/C15H19N5O5/c1-2-23-13(21)5-6-16-15(22)17-8-12-18-14(20-25-12)10-7-11(24-19-10)9-3-4-9/h7,9H,2-6,8H2,1H3,(H2,16,17,22). The zero-order valence-corrected chi connectivity index (χ0v) is 13.8. The van der Waals surface area contributed by atoms with Gasteiger partial charge in [0.25, 0.3) is 0 Å². The molecule has 0 aromatic carbocycles. The van der Waals surface area contributed by atoms with Crippen LogP contribution in [0.4, 0.5) is 4.79 Å². The Bertz CT molecular complexity index is 736. The molecule has 25 heavy (non-hydrogen) atoms. The number of ether oxygens (including phenoxy) is 1. The van der Waals surface area contributed by atoms with Crippen molar-refractivity contribution in [2.75, 3.05) is 13.2 Å². The summed E-state index contributed by atoms with van der Waals surface area (Å²) in [7, 11) is 0. The number of rotatable bonds is 8. The van der Waals surface area contributed by atoms with Gasteiger partial charge in [-0.3, -0.25) is 4.79 Å². The van der Waals surface area contributed by atoms with Gasteiger partial charge in [-0.05, 0) is 19.8 Å². The van der Waals surface area contributed by atoms with Crippen LogP contribution in [0, 0.1) is 0 Å². The Labute approximate surface area is 143 Å². The van der Waals surface area contributed by atoms with E-state index in [0.29, 0.717) is 24.0 Å². The second kappa shape index (κ2) is 7.77. The van der Waals surface area contributed by atoms with E-state index in [9.17, 15) is 9.59 Å². The van der Waals surface area contributed by atoms with E-state index in [1.807, 2.05) is 6.07 Å². The quantitative estimate of drug-likeness (QED) is 0.683. The molecule has 3 rings (SSSR count). The summed E-state index contributed by atoms with van der Waals surface area (Å²) in [6.45, 7) is 2.29. The van der Waals surface area contributed by atoms with E-state index in [2.05, 4.69) is 25.9 Å². The van der Waals surface area contributed by atoms with Gasteiger partial charge in [0, 0.05) is 18.5 Å². The topological polar surface area (TPSA) is 132 Å². The second-order valence-electron chi connectivity index (χ2n) is 5.56. The van der Waals surface area contributed by atoms with Crippen LogP contribution in [-0.4, -0.2) is 40.4 Å². The summed E-state index contributed by atoms with van der Waals surface area (Å²) in [5, 5.41) is 12.8. The van der Waals surface area contributed by atoms with Crippen LogP contribution in [-0.2, 0) is 16.1 Å². The van der Waals surface area contributed by atoms with E-state index in [-0.39, 0.29) is 31.4 Å². The third-order valence-corrected chi connectivity index (χ3v) is 3.53. The summed E-state index contributed by atoms with van der Waals surface area (Å²) >= 11 is 0. The lowest BCUT2D eigenvalue weighted by Gasteiger charge is -2.05. The maximum absolute atomic E-state index is 11.6. The molecule has 1 fully saturated rings. The number of nitrogens with one attached hydrogen (secondary N) is 2. The number of nitrogens with zero attached hydrogens (tertiary/aromatic N) is 3. The molecule has 0 bridgehead atoms. The highest BCUT2D eigenvalue weighted by Gasteiger charge is 2.28. The van der Waals surface area contributed by atoms with Gasteiger partial charge in [-0.25, -0.2) is 4.79 Å². The van der Waals surface area contributed by atoms with Crippen LogP contribution in [0.15, 0.2) is 15.1 Å². The normalized spacial score (nSPS) is 13.5. The van der Waals surface area contributed by atoms with Crippen molar-refractivity contribution >= 4 is 12.0 Å². The number of hydrogen-bond acceptors (Lipinski definition) is 8. The maximum Gasteiger partial charge on any atom is 0.315 e. The predicted octanol–water partition coefficient (Wildman–Crippen LogP) is 1.35. The maximum atomic E-state index is 11.6. The molecule has 0 radical (unpaired) electrons. The highest BCUT2D eigenvalue weighted by Crippen LogP contribution is 2.40. The number of carbonyl (C=O) groups is 2. The number of urea groups is 1. The minimum absolute atomic E-state index is 0.0611. The summed E-state index contributed by atoms with van der Waals surface area (Å²) in [6.07, 6.45) is 2.34. The van der Waals surface area contributed by atoms with Crippen LogP contribution in [0.2, 0.25) is 0 Å². The molecule has 10 nitrogen and oxygen atoms in total. The molecule has 1 aliphatic rings. The molecule has 2 amide bonds. The van der Waals surface area contributed by atoms with Crippen molar-refractivity contribution in [3.05, 3.63) is 17.7 Å². The van der Waals surface area contributed by atoms with Gasteiger partial charge >= 0.3 is 12.0 Å². The molecule has 2 aromatic heterocycles. The first kappa shape index (κ1) is 16.9. The molecule has 134 valence electrons. The van der Waals surface area contributed by atoms with Crippen LogP contribution < -0.4 is 10.6 Å². The van der Waals surface area contributed by atoms with Crippen LogP contribution in [0.1, 0.15) is 43.8 Å². The van der Waals surface area contributed by atoms with Gasteiger partial charge in [0.15, 0.2) is 5.69 Å². The SMILES string of the molecule is CCOC(=O)CCNC(=O)NCc1nc(-c2cc(C3CC3)on2)no1. The Morgan fingerprint density at radius 1 is 1.28 bits per heavy atom. The predicted molar refractivity (Wildman–Crippen MR) is 83.3 cm³/mol. The van der Waals surface area contributed by atoms with Gasteiger partial charge in [0.2, 0.25) is 11.7 Å². The van der Waals surface area contributed by atoms with E-state index >= 15 is 0 Å². The third-order valence-electron chi connectivity index (χ3n) is 3.53. The highest BCUT2D eigenvalue weighted by atomic mass is 16.5. The zero-order valence-electron chi connectivity index (χ0n) is 13.8. The molecule has 0 atom stereocenters. The average Bonchev–Trinajstić information content (AvgIpc) is 3.14. The average molecular weight is 349 g/mol. The third kappa shape index (κ3) is 4.78. The van der Waals surface area contributed by atoms with Crippen molar-refractivity contribution in [3.63, 3.8) is 0 Å². The molecule has 0 saturated heterocycles. The largest absolute Gasteiger partial charge is 0.466 e. The highest BCUT2D eigenvalue weighted by molar-refractivity contribution is 5.75. The van der Waals surface area contributed by atoms with Crippen molar-refractivity contribution in [2.24, 2.45) is 0 Å². The van der Waals surface area contributed by atoms with Gasteiger partial charge in [0.1, 0.15) is 5.76 Å². The summed E-state index contributed by atoms with van der Waals surface area (Å²) in [6, 6.07) is 1.36. The fourth-order valence-electron chi connectivity index (χ4n) is 2.12. The smallest absolute Gasteiger partial charge is 0.315 e. The van der Waals surface area contributed by atoms with Gasteiger partial charge < -0.3 is 24.4 Å². The van der Waals surface area contributed by atoms with Gasteiger partial charge in [-0.15, -0.1) is 0 Å². The minimum atomic E-state index is -0.443. The first-order chi connectivity index (χ1) is 12.2. The number of hydrogen-bond donors (Lipinski definition) is 2. The Morgan fingerprint density at radius 3 is 2.88 bits per heavy atom. The van der Waals surface area contributed by atoms with E-state index in [0.717, 1.165) is 18.6 Å². The number of amides is 2. The number of aromatic nitrogens is 3. The van der Waals surface area contributed by atoms with Crippen molar-refractivity contribution in [1.82, 2.24) is 25.9 Å². The van der Waals surface area contributed by atoms with Crippen LogP contribution >= 0.6 is 0 Å². The molecular formula is C15H19N5O5. The lowest BCUT2D eigenvalue weighted by molar-refractivity contribution is -0.142. The fraction of sp³-hybridized carbons (Fsp3) is 0.533. The Kier molecular flexibility index (Phi) is 5.26. The summed E-state index contributed by atoms with van der Waals surface area (Å²) in [4.78, 5) is 26.9. The van der Waals surface area contributed by atoms with Crippen molar-refractivity contribution in [2.45, 2.75) is 38.6 Å². The van der Waals surface area contributed by atoms with Crippen molar-refractivity contribution in [1.29, 1.82) is 0 Å². The van der Waals surface area contributed by atoms with E-state index in [1.165, 1.54) is 0 Å². The molecule has 2 N–H and O–H groups in total. The van der Waals surface area contributed by atoms with Gasteiger partial charge in [-0.1, -0.05) is 10.3 Å². The van der Waals surface area contributed by atoms with Crippen molar-refractivity contribution in [3.8, 4) is 11.5 Å². The van der Waals surface area contributed by atoms with Gasteiger partial charge in [0.05, 0.1) is 19.6 Å². The van der Waals surface area contributed by atoms with E-state index in [4.69, 9.17) is 13.8 Å². The summed E-state index contributed by atoms with van der Waals surface area (Å²) < 4.78 is 15.1. The van der Waals surface area contributed by atoms with E-state index < -0.39 is 6.03 Å². The monoisotopic (exact) mass is 349 g/mol. The van der Waals surface area contributed by atoms with Crippen LogP contribution in [0.3, 0.4) is 0 Å². The first-order valence-corrected chi connectivity index (χ1v) is 8.12. The molecule has 1 aliphatic carbocycles. The molecule has 1 saturated carbocycles. The lowest BCUT2D eigenvalue weighted by Crippen LogP contribution is -2.36. The van der Waals surface area contributed by atoms with Crippen LogP contribution in [0.5, 0.6) is 0 Å². The molecule has 2 aromatic rings. The van der Waals surface area contributed by atoms with Crippen molar-refractivity contribution < 1.29 is 23.4 Å². The Hall–Kier alpha value is -2.91. The molecule has 0 spiro atoms. The van der Waals surface area contributed by atoms with Gasteiger partial charge in [-0.2, -0.15) is 4.98 Å². The molecule has 2 heterocycles. The number of carbonyl (C=O) groups excluding carboxylic acids is 2. The zero-order chi connectivity index (χ0) is 17.6. The van der Waals surface area contributed by atoms with E-state index in [1.54, 1.807) is 6.92 Å². The molecular weight excluding hydrogens is 330 g/mol. The molecule has 0 unspecified atom stereocenters. The molecule has 0 aliphatic heterocycles. The first-order valence-electron chi connectivity index (χ1n) is 8.12. The Morgan fingerprint density at radius 2 is 2.12 bits per heavy atom. The lowest BCUT2D eigenvalue weighted by atomic mass is 10.3. The van der Waals surface area contributed by atoms with Crippen LogP contribution in [0.25, 0.3) is 11.5 Å². The fourth-order valence-corrected chi connectivity index (χ4v) is 2.12.